The zero-order valence-corrected chi connectivity index (χ0v) is 12.6. The predicted octanol–water partition coefficient (Wildman–Crippen LogP) is 2.15. The number of amides is 1. The number of non-ortho nitro benzene ring substituents is 1. The van der Waals surface area contributed by atoms with Crippen LogP contribution in [0.15, 0.2) is 23.1 Å². The van der Waals surface area contributed by atoms with Crippen molar-refractivity contribution in [2.24, 2.45) is 0 Å². The Labute approximate surface area is 126 Å². The van der Waals surface area contributed by atoms with Crippen molar-refractivity contribution in [3.05, 3.63) is 33.9 Å². The molecule has 0 saturated carbocycles. The summed E-state index contributed by atoms with van der Waals surface area (Å²) in [6.45, 7) is 0.0561. The van der Waals surface area contributed by atoms with Crippen molar-refractivity contribution in [3.63, 3.8) is 0 Å². The molecule has 21 heavy (non-hydrogen) atoms. The van der Waals surface area contributed by atoms with Gasteiger partial charge in [-0.1, -0.05) is 6.42 Å². The molecular formula is C12H13ClN2O5S. The molecule has 1 heterocycles. The largest absolute Gasteiger partial charge is 0.270 e. The number of nitro groups is 1. The van der Waals surface area contributed by atoms with Crippen LogP contribution in [0, 0.1) is 10.1 Å². The van der Waals surface area contributed by atoms with Crippen LogP contribution in [0.3, 0.4) is 0 Å². The number of carbonyl (C=O) groups excluding carboxylic acids is 1. The Morgan fingerprint density at radius 1 is 1.24 bits per heavy atom. The first kappa shape index (κ1) is 15.7. The molecule has 2 rings (SSSR count). The number of benzene rings is 1. The average molecular weight is 333 g/mol. The van der Waals surface area contributed by atoms with Crippen molar-refractivity contribution in [2.45, 2.75) is 24.2 Å². The number of hydrogen-bond acceptors (Lipinski definition) is 5. The van der Waals surface area contributed by atoms with Crippen LogP contribution in [0.25, 0.3) is 0 Å². The molecule has 0 atom stereocenters. The summed E-state index contributed by atoms with van der Waals surface area (Å²) in [6.07, 6.45) is 1.95. The van der Waals surface area contributed by atoms with E-state index in [2.05, 4.69) is 0 Å². The van der Waals surface area contributed by atoms with Gasteiger partial charge in [0.1, 0.15) is 4.90 Å². The molecule has 0 bridgehead atoms. The van der Waals surface area contributed by atoms with Gasteiger partial charge in [0, 0.05) is 24.6 Å². The second-order valence-corrected chi connectivity index (χ2v) is 6.78. The van der Waals surface area contributed by atoms with Crippen molar-refractivity contribution in [2.75, 3.05) is 12.4 Å². The van der Waals surface area contributed by atoms with Gasteiger partial charge in [-0.25, -0.2) is 12.7 Å². The van der Waals surface area contributed by atoms with Crippen molar-refractivity contribution < 1.29 is 18.1 Å². The molecular weight excluding hydrogens is 320 g/mol. The highest BCUT2D eigenvalue weighted by molar-refractivity contribution is 7.90. The van der Waals surface area contributed by atoms with E-state index in [1.165, 1.54) is 6.07 Å². The van der Waals surface area contributed by atoms with E-state index >= 15 is 0 Å². The third-order valence-corrected chi connectivity index (χ3v) is 5.29. The lowest BCUT2D eigenvalue weighted by Gasteiger charge is -2.14. The lowest BCUT2D eigenvalue weighted by Crippen LogP contribution is -2.31. The minimum atomic E-state index is -3.99. The smallest absolute Gasteiger partial charge is 0.268 e. The molecule has 0 spiro atoms. The number of carbonyl (C=O) groups is 1. The monoisotopic (exact) mass is 332 g/mol. The number of fused-ring (bicyclic) bond motifs is 1. The van der Waals surface area contributed by atoms with E-state index in [-0.39, 0.29) is 22.7 Å². The Bertz CT molecular complexity index is 689. The third-order valence-electron chi connectivity index (χ3n) is 3.20. The normalized spacial score (nSPS) is 16.0. The van der Waals surface area contributed by atoms with Crippen molar-refractivity contribution in [3.8, 4) is 0 Å². The fraction of sp³-hybridized carbons (Fsp3) is 0.417. The summed E-state index contributed by atoms with van der Waals surface area (Å²) in [5.74, 6) is -0.154. The van der Waals surface area contributed by atoms with Crippen LogP contribution in [0.2, 0.25) is 0 Å². The zero-order chi connectivity index (χ0) is 15.6. The van der Waals surface area contributed by atoms with E-state index in [1.807, 2.05) is 0 Å². The molecule has 0 fully saturated rings. The maximum absolute atomic E-state index is 12.3. The molecule has 0 radical (unpaired) electrons. The van der Waals surface area contributed by atoms with Crippen LogP contribution in [-0.2, 0) is 10.0 Å². The van der Waals surface area contributed by atoms with Crippen LogP contribution in [-0.4, -0.2) is 36.0 Å². The van der Waals surface area contributed by atoms with Gasteiger partial charge in [-0.2, -0.15) is 0 Å². The standard InChI is InChI=1S/C12H13ClN2O5S/c13-6-2-1-3-7-14-12(16)10-5-4-9(15(17)18)8-11(10)21(14,19)20/h4-5,8H,1-3,6-7H2. The minimum Gasteiger partial charge on any atom is -0.268 e. The van der Waals surface area contributed by atoms with Gasteiger partial charge in [-0.3, -0.25) is 14.9 Å². The fourth-order valence-electron chi connectivity index (χ4n) is 2.13. The average Bonchev–Trinajstić information content (AvgIpc) is 2.63. The molecule has 114 valence electrons. The lowest BCUT2D eigenvalue weighted by molar-refractivity contribution is -0.385. The van der Waals surface area contributed by atoms with Gasteiger partial charge in [0.2, 0.25) is 0 Å². The van der Waals surface area contributed by atoms with E-state index in [0.29, 0.717) is 18.7 Å². The zero-order valence-electron chi connectivity index (χ0n) is 11.0. The number of unbranched alkanes of at least 4 members (excludes halogenated alkanes) is 2. The first-order valence-electron chi connectivity index (χ1n) is 6.31. The van der Waals surface area contributed by atoms with Gasteiger partial charge in [0.25, 0.3) is 21.6 Å². The molecule has 1 aromatic rings. The summed E-state index contributed by atoms with van der Waals surface area (Å²) in [6, 6.07) is 3.25. The second kappa shape index (κ2) is 5.98. The van der Waals surface area contributed by atoms with E-state index < -0.39 is 20.9 Å². The summed E-state index contributed by atoms with van der Waals surface area (Å²) in [7, 11) is -3.99. The summed E-state index contributed by atoms with van der Waals surface area (Å²) in [5, 5.41) is 10.7. The van der Waals surface area contributed by atoms with E-state index in [4.69, 9.17) is 11.6 Å². The van der Waals surface area contributed by atoms with E-state index in [0.717, 1.165) is 22.9 Å². The summed E-state index contributed by atoms with van der Waals surface area (Å²) in [5.41, 5.74) is -0.368. The van der Waals surface area contributed by atoms with E-state index in [1.54, 1.807) is 0 Å². The van der Waals surface area contributed by atoms with Crippen molar-refractivity contribution in [1.29, 1.82) is 0 Å². The van der Waals surface area contributed by atoms with Crippen LogP contribution < -0.4 is 0 Å². The second-order valence-electron chi connectivity index (χ2n) is 4.57. The number of nitro benzene ring substituents is 1. The molecule has 0 N–H and O–H groups in total. The first-order chi connectivity index (χ1) is 9.89. The quantitative estimate of drug-likeness (QED) is 0.344. The van der Waals surface area contributed by atoms with Gasteiger partial charge < -0.3 is 0 Å². The molecule has 1 amide bonds. The predicted molar refractivity (Wildman–Crippen MR) is 75.9 cm³/mol. The third kappa shape index (κ3) is 2.86. The highest BCUT2D eigenvalue weighted by Gasteiger charge is 2.41. The Morgan fingerprint density at radius 2 is 1.95 bits per heavy atom. The Morgan fingerprint density at radius 3 is 2.57 bits per heavy atom. The molecule has 0 unspecified atom stereocenters. The molecule has 0 aliphatic carbocycles. The van der Waals surface area contributed by atoms with Crippen LogP contribution in [0.4, 0.5) is 5.69 Å². The number of sulfonamides is 1. The summed E-state index contributed by atoms with van der Waals surface area (Å²) < 4.78 is 25.4. The summed E-state index contributed by atoms with van der Waals surface area (Å²) in [4.78, 5) is 21.8. The highest BCUT2D eigenvalue weighted by Crippen LogP contribution is 2.33. The van der Waals surface area contributed by atoms with Gasteiger partial charge in [-0.05, 0) is 18.9 Å². The molecule has 7 nitrogen and oxygen atoms in total. The number of rotatable bonds is 6. The number of alkyl halides is 1. The molecule has 1 aliphatic heterocycles. The number of nitrogens with zero attached hydrogens (tertiary/aromatic N) is 2. The molecule has 9 heteroatoms. The van der Waals surface area contributed by atoms with Crippen molar-refractivity contribution >= 4 is 33.2 Å². The van der Waals surface area contributed by atoms with Crippen molar-refractivity contribution in [1.82, 2.24) is 4.31 Å². The molecule has 0 saturated heterocycles. The number of hydrogen-bond donors (Lipinski definition) is 0. The molecule has 1 aromatic carbocycles. The van der Waals surface area contributed by atoms with Gasteiger partial charge in [0.05, 0.1) is 10.5 Å². The minimum absolute atomic E-state index is 0.0158. The Hall–Kier alpha value is -1.67. The molecule has 0 aromatic heterocycles. The van der Waals surface area contributed by atoms with Crippen LogP contribution in [0.5, 0.6) is 0 Å². The highest BCUT2D eigenvalue weighted by atomic mass is 35.5. The molecule has 1 aliphatic rings. The van der Waals surface area contributed by atoms with Gasteiger partial charge >= 0.3 is 0 Å². The van der Waals surface area contributed by atoms with Gasteiger partial charge in [-0.15, -0.1) is 11.6 Å². The first-order valence-corrected chi connectivity index (χ1v) is 8.28. The Balaban J connectivity index is 2.29. The van der Waals surface area contributed by atoms with Gasteiger partial charge in [0.15, 0.2) is 0 Å². The maximum Gasteiger partial charge on any atom is 0.270 e. The van der Waals surface area contributed by atoms with E-state index in [9.17, 15) is 23.3 Å². The SMILES string of the molecule is O=C1c2ccc([N+](=O)[O-])cc2S(=O)(=O)N1CCCCCCl. The number of halogens is 1. The lowest BCUT2D eigenvalue weighted by atomic mass is 10.2. The summed E-state index contributed by atoms with van der Waals surface area (Å²) >= 11 is 5.54. The maximum atomic E-state index is 12.3. The van der Waals surface area contributed by atoms with Crippen LogP contribution >= 0.6 is 11.6 Å². The topological polar surface area (TPSA) is 97.6 Å². The Kier molecular flexibility index (Phi) is 4.48. The fourth-order valence-corrected chi connectivity index (χ4v) is 3.94. The van der Waals surface area contributed by atoms with Crippen LogP contribution in [0.1, 0.15) is 29.6 Å².